The number of hydrogen-bond acceptors (Lipinski definition) is 5. The van der Waals surface area contributed by atoms with E-state index in [-0.39, 0.29) is 19.1 Å². The molecular formula is C16H23N3O4. The van der Waals surface area contributed by atoms with E-state index in [1.165, 1.54) is 0 Å². The van der Waals surface area contributed by atoms with Crippen LogP contribution >= 0.6 is 0 Å². The highest BCUT2D eigenvalue weighted by molar-refractivity contribution is 5.75. The molecule has 4 N–H and O–H groups in total. The van der Waals surface area contributed by atoms with E-state index < -0.39 is 18.1 Å². The molecule has 1 aliphatic heterocycles. The number of likely N-dealkylation sites (tertiary alicyclic amines) is 1. The topological polar surface area (TPSA) is 105 Å². The molecule has 2 atom stereocenters. The normalized spacial score (nSPS) is 21.6. The molecule has 0 spiro atoms. The van der Waals surface area contributed by atoms with Gasteiger partial charge in [-0.15, -0.1) is 0 Å². The Morgan fingerprint density at radius 1 is 1.35 bits per heavy atom. The van der Waals surface area contributed by atoms with E-state index in [1.54, 1.807) is 0 Å². The Morgan fingerprint density at radius 2 is 2.09 bits per heavy atom. The smallest absolute Gasteiger partial charge is 0.407 e. The van der Waals surface area contributed by atoms with Gasteiger partial charge in [0.15, 0.2) is 0 Å². The first-order valence-electron chi connectivity index (χ1n) is 7.68. The first-order chi connectivity index (χ1) is 11.0. The minimum absolute atomic E-state index is 0.0524. The summed E-state index contributed by atoms with van der Waals surface area (Å²) < 4.78 is 5.12. The number of alkyl carbamates (subject to hydrolysis) is 1. The van der Waals surface area contributed by atoms with E-state index in [0.29, 0.717) is 26.1 Å². The third kappa shape index (κ3) is 5.88. The minimum atomic E-state index is -0.600. The molecular weight excluding hydrogens is 298 g/mol. The fourth-order valence-corrected chi connectivity index (χ4v) is 2.64. The molecule has 23 heavy (non-hydrogen) atoms. The number of nitrogens with zero attached hydrogens (tertiary/aromatic N) is 1. The van der Waals surface area contributed by atoms with Crippen LogP contribution < -0.4 is 11.1 Å². The number of nitrogens with one attached hydrogen (secondary N) is 1. The third-order valence-corrected chi connectivity index (χ3v) is 3.91. The molecule has 7 nitrogen and oxygen atoms in total. The maximum absolute atomic E-state index is 11.7. The van der Waals surface area contributed by atoms with Gasteiger partial charge >= 0.3 is 6.09 Å². The number of carbonyl (C=O) groups excluding carboxylic acids is 2. The second kappa shape index (κ2) is 8.50. The van der Waals surface area contributed by atoms with Gasteiger partial charge in [-0.05, 0) is 18.5 Å². The number of carbonyl (C=O) groups is 2. The standard InChI is InChI=1S/C16H23N3O4/c17-15(21)10-19-7-6-13(14(20)9-19)8-18-16(22)23-11-12-4-2-1-3-5-12/h1-5,13-14,20H,6-11H2,(H2,17,21)(H,18,22)/t13-,14+/m1/s1. The molecule has 2 amide bonds. The molecule has 0 unspecified atom stereocenters. The van der Waals surface area contributed by atoms with Gasteiger partial charge in [-0.25, -0.2) is 4.79 Å². The van der Waals surface area contributed by atoms with Crippen LogP contribution in [-0.4, -0.2) is 54.3 Å². The van der Waals surface area contributed by atoms with Crippen molar-refractivity contribution in [2.75, 3.05) is 26.2 Å². The first kappa shape index (κ1) is 17.2. The highest BCUT2D eigenvalue weighted by atomic mass is 16.5. The number of rotatable bonds is 6. The van der Waals surface area contributed by atoms with E-state index in [0.717, 1.165) is 5.56 Å². The lowest BCUT2D eigenvalue weighted by Crippen LogP contribution is -2.49. The molecule has 1 aromatic rings. The van der Waals surface area contributed by atoms with Gasteiger partial charge in [0.25, 0.3) is 0 Å². The summed E-state index contributed by atoms with van der Waals surface area (Å²) in [7, 11) is 0. The SMILES string of the molecule is NC(=O)CN1CC[C@H](CNC(=O)OCc2ccccc2)[C@@H](O)C1. The van der Waals surface area contributed by atoms with E-state index in [4.69, 9.17) is 10.5 Å². The van der Waals surface area contributed by atoms with Gasteiger partial charge in [0.05, 0.1) is 12.6 Å². The van der Waals surface area contributed by atoms with Crippen LogP contribution in [0.1, 0.15) is 12.0 Å². The quantitative estimate of drug-likeness (QED) is 0.688. The molecule has 0 aromatic heterocycles. The third-order valence-electron chi connectivity index (χ3n) is 3.91. The van der Waals surface area contributed by atoms with Gasteiger partial charge in [0.2, 0.25) is 5.91 Å². The lowest BCUT2D eigenvalue weighted by Gasteiger charge is -2.35. The summed E-state index contributed by atoms with van der Waals surface area (Å²) in [6, 6.07) is 9.42. The summed E-state index contributed by atoms with van der Waals surface area (Å²) in [5, 5.41) is 12.8. The van der Waals surface area contributed by atoms with Gasteiger partial charge in [0.1, 0.15) is 6.61 Å². The Labute approximate surface area is 135 Å². The van der Waals surface area contributed by atoms with Crippen LogP contribution in [0.2, 0.25) is 0 Å². The molecule has 1 aromatic carbocycles. The highest BCUT2D eigenvalue weighted by Gasteiger charge is 2.28. The van der Waals surface area contributed by atoms with Crippen LogP contribution in [0.3, 0.4) is 0 Å². The summed E-state index contributed by atoms with van der Waals surface area (Å²) in [6.07, 6.45) is -0.411. The van der Waals surface area contributed by atoms with Crippen molar-refractivity contribution in [3.63, 3.8) is 0 Å². The average Bonchev–Trinajstić information content (AvgIpc) is 2.52. The van der Waals surface area contributed by atoms with Crippen molar-refractivity contribution in [2.24, 2.45) is 11.7 Å². The van der Waals surface area contributed by atoms with Gasteiger partial charge < -0.3 is 20.9 Å². The lowest BCUT2D eigenvalue weighted by atomic mass is 9.94. The van der Waals surface area contributed by atoms with Crippen molar-refractivity contribution < 1.29 is 19.4 Å². The van der Waals surface area contributed by atoms with Crippen molar-refractivity contribution in [1.29, 1.82) is 0 Å². The number of nitrogens with two attached hydrogens (primary N) is 1. The molecule has 7 heteroatoms. The van der Waals surface area contributed by atoms with Crippen LogP contribution in [0.25, 0.3) is 0 Å². The first-order valence-corrected chi connectivity index (χ1v) is 7.68. The average molecular weight is 321 g/mol. The maximum Gasteiger partial charge on any atom is 0.407 e. The lowest BCUT2D eigenvalue weighted by molar-refractivity contribution is -0.120. The molecule has 1 fully saturated rings. The van der Waals surface area contributed by atoms with Gasteiger partial charge in [-0.2, -0.15) is 0 Å². The molecule has 0 bridgehead atoms. The summed E-state index contributed by atoms with van der Waals surface area (Å²) in [5.41, 5.74) is 6.07. The molecule has 2 rings (SSSR count). The summed E-state index contributed by atoms with van der Waals surface area (Å²) in [6.45, 7) is 1.77. The Morgan fingerprint density at radius 3 is 2.74 bits per heavy atom. The predicted octanol–water partition coefficient (Wildman–Crippen LogP) is 0.0809. The van der Waals surface area contributed by atoms with Crippen LogP contribution in [0, 0.1) is 5.92 Å². The Kier molecular flexibility index (Phi) is 6.37. The number of amides is 2. The molecule has 0 aliphatic carbocycles. The fraction of sp³-hybridized carbons (Fsp3) is 0.500. The molecule has 0 radical (unpaired) electrons. The largest absolute Gasteiger partial charge is 0.445 e. The fourth-order valence-electron chi connectivity index (χ4n) is 2.64. The van der Waals surface area contributed by atoms with Gasteiger partial charge in [-0.1, -0.05) is 30.3 Å². The number of benzene rings is 1. The second-order valence-electron chi connectivity index (χ2n) is 5.76. The number of primary amides is 1. The molecule has 1 saturated heterocycles. The van der Waals surface area contributed by atoms with E-state index in [9.17, 15) is 14.7 Å². The van der Waals surface area contributed by atoms with E-state index in [2.05, 4.69) is 5.32 Å². The Bertz CT molecular complexity index is 523. The molecule has 1 heterocycles. The predicted molar refractivity (Wildman–Crippen MR) is 84.4 cm³/mol. The van der Waals surface area contributed by atoms with Crippen molar-refractivity contribution in [3.05, 3.63) is 35.9 Å². The van der Waals surface area contributed by atoms with Crippen molar-refractivity contribution in [2.45, 2.75) is 19.1 Å². The van der Waals surface area contributed by atoms with Gasteiger partial charge in [0, 0.05) is 19.0 Å². The summed E-state index contributed by atoms with van der Waals surface area (Å²) in [5.74, 6) is -0.457. The van der Waals surface area contributed by atoms with Crippen molar-refractivity contribution in [3.8, 4) is 0 Å². The molecule has 126 valence electrons. The molecule has 1 aliphatic rings. The minimum Gasteiger partial charge on any atom is -0.445 e. The van der Waals surface area contributed by atoms with E-state index in [1.807, 2.05) is 35.2 Å². The summed E-state index contributed by atoms with van der Waals surface area (Å²) >= 11 is 0. The number of hydrogen-bond donors (Lipinski definition) is 3. The van der Waals surface area contributed by atoms with Crippen molar-refractivity contribution >= 4 is 12.0 Å². The van der Waals surface area contributed by atoms with Crippen LogP contribution in [-0.2, 0) is 16.1 Å². The zero-order valence-corrected chi connectivity index (χ0v) is 13.0. The monoisotopic (exact) mass is 321 g/mol. The number of aliphatic hydroxyl groups is 1. The van der Waals surface area contributed by atoms with Crippen molar-refractivity contribution in [1.82, 2.24) is 10.2 Å². The van der Waals surface area contributed by atoms with E-state index >= 15 is 0 Å². The highest BCUT2D eigenvalue weighted by Crippen LogP contribution is 2.17. The summed E-state index contributed by atoms with van der Waals surface area (Å²) in [4.78, 5) is 24.4. The maximum atomic E-state index is 11.7. The van der Waals surface area contributed by atoms with Crippen LogP contribution in [0.4, 0.5) is 4.79 Å². The number of ether oxygens (including phenoxy) is 1. The Balaban J connectivity index is 1.67. The number of aliphatic hydroxyl groups excluding tert-OH is 1. The number of β-amino-alcohol motifs (C(OH)–C–C–N with tert-alkyl or cyclic N) is 1. The Hall–Kier alpha value is -2.12. The van der Waals surface area contributed by atoms with Gasteiger partial charge in [-0.3, -0.25) is 9.69 Å². The zero-order valence-electron chi connectivity index (χ0n) is 13.0. The van der Waals surface area contributed by atoms with Crippen LogP contribution in [0.5, 0.6) is 0 Å². The zero-order chi connectivity index (χ0) is 16.7. The second-order valence-corrected chi connectivity index (χ2v) is 5.76. The number of piperidine rings is 1. The van der Waals surface area contributed by atoms with Crippen LogP contribution in [0.15, 0.2) is 30.3 Å². The molecule has 0 saturated carbocycles.